The van der Waals surface area contributed by atoms with Crippen LogP contribution in [0.5, 0.6) is 0 Å². The highest BCUT2D eigenvalue weighted by atomic mass is 16.4. The normalized spacial score (nSPS) is 11.9. The summed E-state index contributed by atoms with van der Waals surface area (Å²) in [5.74, 6) is -0.995. The van der Waals surface area contributed by atoms with Gasteiger partial charge in [-0.15, -0.1) is 0 Å². The van der Waals surface area contributed by atoms with Crippen LogP contribution in [0.1, 0.15) is 30.6 Å². The molecule has 5 heteroatoms. The molecule has 1 rings (SSSR count). The molecule has 0 fully saturated rings. The van der Waals surface area contributed by atoms with E-state index in [1.54, 1.807) is 12.1 Å². The van der Waals surface area contributed by atoms with Crippen LogP contribution in [-0.4, -0.2) is 23.1 Å². The summed E-state index contributed by atoms with van der Waals surface area (Å²) in [6, 6.07) is 5.51. The van der Waals surface area contributed by atoms with Gasteiger partial charge in [0.25, 0.3) is 0 Å². The quantitative estimate of drug-likeness (QED) is 0.839. The SMILES string of the molecule is CCC(C)N(C(N)=O)c1ccc(C(=O)O)cc1. The number of carboxylic acid groups (broad SMARTS) is 1. The predicted molar refractivity (Wildman–Crippen MR) is 65.2 cm³/mol. The predicted octanol–water partition coefficient (Wildman–Crippen LogP) is 2.07. The maximum atomic E-state index is 11.4. The van der Waals surface area contributed by atoms with E-state index in [1.165, 1.54) is 17.0 Å². The highest BCUT2D eigenvalue weighted by molar-refractivity contribution is 5.93. The van der Waals surface area contributed by atoms with Gasteiger partial charge in [-0.2, -0.15) is 0 Å². The van der Waals surface area contributed by atoms with Crippen LogP contribution in [0.2, 0.25) is 0 Å². The number of nitrogens with zero attached hydrogens (tertiary/aromatic N) is 1. The van der Waals surface area contributed by atoms with Crippen molar-refractivity contribution in [3.8, 4) is 0 Å². The molecule has 1 aromatic rings. The number of urea groups is 1. The molecule has 3 N–H and O–H groups in total. The lowest BCUT2D eigenvalue weighted by Gasteiger charge is -2.26. The fraction of sp³-hybridized carbons (Fsp3) is 0.333. The molecule has 1 unspecified atom stereocenters. The van der Waals surface area contributed by atoms with E-state index in [0.29, 0.717) is 5.69 Å². The number of amides is 2. The van der Waals surface area contributed by atoms with Crippen molar-refractivity contribution in [3.05, 3.63) is 29.8 Å². The van der Waals surface area contributed by atoms with Gasteiger partial charge >= 0.3 is 12.0 Å². The van der Waals surface area contributed by atoms with Gasteiger partial charge in [-0.25, -0.2) is 9.59 Å². The Labute approximate surface area is 99.8 Å². The number of rotatable bonds is 4. The van der Waals surface area contributed by atoms with Gasteiger partial charge in [-0.05, 0) is 37.6 Å². The van der Waals surface area contributed by atoms with Crippen LogP contribution in [0, 0.1) is 0 Å². The van der Waals surface area contributed by atoms with Gasteiger partial charge < -0.3 is 10.8 Å². The molecule has 0 aliphatic rings. The molecule has 17 heavy (non-hydrogen) atoms. The summed E-state index contributed by atoms with van der Waals surface area (Å²) in [5, 5.41) is 8.77. The van der Waals surface area contributed by atoms with Crippen LogP contribution in [0.4, 0.5) is 10.5 Å². The van der Waals surface area contributed by atoms with Crippen molar-refractivity contribution >= 4 is 17.7 Å². The van der Waals surface area contributed by atoms with Crippen molar-refractivity contribution in [2.75, 3.05) is 4.90 Å². The summed E-state index contributed by atoms with van der Waals surface area (Å²) in [5.41, 5.74) is 6.10. The molecule has 1 atom stereocenters. The number of aromatic carboxylic acids is 1. The Hall–Kier alpha value is -2.04. The third-order valence-corrected chi connectivity index (χ3v) is 2.66. The van der Waals surface area contributed by atoms with Crippen molar-refractivity contribution in [2.24, 2.45) is 5.73 Å². The molecule has 2 amide bonds. The number of benzene rings is 1. The Morgan fingerprint density at radius 2 is 1.88 bits per heavy atom. The lowest BCUT2D eigenvalue weighted by molar-refractivity contribution is 0.0697. The van der Waals surface area contributed by atoms with Crippen molar-refractivity contribution in [1.29, 1.82) is 0 Å². The summed E-state index contributed by atoms with van der Waals surface area (Å²) >= 11 is 0. The van der Waals surface area contributed by atoms with Gasteiger partial charge in [0.2, 0.25) is 0 Å². The molecule has 5 nitrogen and oxygen atoms in total. The average Bonchev–Trinajstić information content (AvgIpc) is 2.29. The summed E-state index contributed by atoms with van der Waals surface area (Å²) < 4.78 is 0. The number of carbonyl (C=O) groups is 2. The third kappa shape index (κ3) is 2.96. The second-order valence-electron chi connectivity index (χ2n) is 3.82. The van der Waals surface area contributed by atoms with Gasteiger partial charge in [0, 0.05) is 11.7 Å². The van der Waals surface area contributed by atoms with Crippen LogP contribution >= 0.6 is 0 Å². The molecule has 0 aromatic heterocycles. The van der Waals surface area contributed by atoms with Gasteiger partial charge in [0.1, 0.15) is 0 Å². The first-order valence-corrected chi connectivity index (χ1v) is 5.39. The third-order valence-electron chi connectivity index (χ3n) is 2.66. The zero-order chi connectivity index (χ0) is 13.0. The van der Waals surface area contributed by atoms with Crippen LogP contribution in [-0.2, 0) is 0 Å². The zero-order valence-corrected chi connectivity index (χ0v) is 9.88. The van der Waals surface area contributed by atoms with Crippen molar-refractivity contribution in [2.45, 2.75) is 26.3 Å². The molecule has 0 saturated heterocycles. The first-order chi connectivity index (χ1) is 7.97. The molecule has 92 valence electrons. The van der Waals surface area contributed by atoms with E-state index in [4.69, 9.17) is 10.8 Å². The number of anilines is 1. The standard InChI is InChI=1S/C12H16N2O3/c1-3-8(2)14(12(13)17)10-6-4-9(5-7-10)11(15)16/h4-8H,3H2,1-2H3,(H2,13,17)(H,15,16). The lowest BCUT2D eigenvalue weighted by Crippen LogP contribution is -2.42. The van der Waals surface area contributed by atoms with Gasteiger partial charge in [0.15, 0.2) is 0 Å². The van der Waals surface area contributed by atoms with E-state index in [-0.39, 0.29) is 11.6 Å². The summed E-state index contributed by atoms with van der Waals surface area (Å²) in [7, 11) is 0. The molecular weight excluding hydrogens is 220 g/mol. The Morgan fingerprint density at radius 3 is 2.24 bits per heavy atom. The molecular formula is C12H16N2O3. The Kier molecular flexibility index (Phi) is 4.09. The van der Waals surface area contributed by atoms with E-state index < -0.39 is 12.0 Å². The van der Waals surface area contributed by atoms with Crippen molar-refractivity contribution in [1.82, 2.24) is 0 Å². The first kappa shape index (κ1) is 13.0. The molecule has 0 bridgehead atoms. The first-order valence-electron chi connectivity index (χ1n) is 5.39. The van der Waals surface area contributed by atoms with Gasteiger partial charge in [-0.3, -0.25) is 4.90 Å². The van der Waals surface area contributed by atoms with Crippen LogP contribution in [0.15, 0.2) is 24.3 Å². The van der Waals surface area contributed by atoms with E-state index in [9.17, 15) is 9.59 Å². The highest BCUT2D eigenvalue weighted by Crippen LogP contribution is 2.19. The molecule has 0 aliphatic heterocycles. The van der Waals surface area contributed by atoms with Crippen molar-refractivity contribution in [3.63, 3.8) is 0 Å². The van der Waals surface area contributed by atoms with E-state index in [1.807, 2.05) is 13.8 Å². The largest absolute Gasteiger partial charge is 0.478 e. The summed E-state index contributed by atoms with van der Waals surface area (Å²) in [4.78, 5) is 23.5. The second-order valence-corrected chi connectivity index (χ2v) is 3.82. The van der Waals surface area contributed by atoms with Crippen LogP contribution < -0.4 is 10.6 Å². The van der Waals surface area contributed by atoms with Gasteiger partial charge in [0.05, 0.1) is 5.56 Å². The molecule has 0 heterocycles. The van der Waals surface area contributed by atoms with Crippen molar-refractivity contribution < 1.29 is 14.7 Å². The van der Waals surface area contributed by atoms with Crippen LogP contribution in [0.3, 0.4) is 0 Å². The number of hydrogen-bond donors (Lipinski definition) is 2. The fourth-order valence-electron chi connectivity index (χ4n) is 1.55. The number of hydrogen-bond acceptors (Lipinski definition) is 2. The minimum Gasteiger partial charge on any atom is -0.478 e. The van der Waals surface area contributed by atoms with Gasteiger partial charge in [-0.1, -0.05) is 6.92 Å². The monoisotopic (exact) mass is 236 g/mol. The van der Waals surface area contributed by atoms with Crippen LogP contribution in [0.25, 0.3) is 0 Å². The number of carboxylic acids is 1. The fourth-order valence-corrected chi connectivity index (χ4v) is 1.55. The molecule has 0 spiro atoms. The van der Waals surface area contributed by atoms with E-state index in [0.717, 1.165) is 6.42 Å². The van der Waals surface area contributed by atoms with E-state index in [2.05, 4.69) is 0 Å². The molecule has 0 radical (unpaired) electrons. The Bertz CT molecular complexity index is 414. The summed E-state index contributed by atoms with van der Waals surface area (Å²) in [6.07, 6.45) is 0.767. The lowest BCUT2D eigenvalue weighted by atomic mass is 10.1. The smallest absolute Gasteiger partial charge is 0.335 e. The molecule has 0 saturated carbocycles. The maximum Gasteiger partial charge on any atom is 0.335 e. The molecule has 0 aliphatic carbocycles. The Balaban J connectivity index is 3.03. The average molecular weight is 236 g/mol. The minimum atomic E-state index is -0.995. The topological polar surface area (TPSA) is 83.6 Å². The maximum absolute atomic E-state index is 11.4. The minimum absolute atomic E-state index is 0.0248. The number of nitrogens with two attached hydrogens (primary N) is 1. The van der Waals surface area contributed by atoms with E-state index >= 15 is 0 Å². The number of carbonyl (C=O) groups excluding carboxylic acids is 1. The Morgan fingerprint density at radius 1 is 1.35 bits per heavy atom. The highest BCUT2D eigenvalue weighted by Gasteiger charge is 2.18. The molecule has 1 aromatic carbocycles. The zero-order valence-electron chi connectivity index (χ0n) is 9.88. The number of primary amides is 1. The second kappa shape index (κ2) is 5.34. The summed E-state index contributed by atoms with van der Waals surface area (Å²) in [6.45, 7) is 3.84.